The highest BCUT2D eigenvalue weighted by atomic mass is 16.5. The summed E-state index contributed by atoms with van der Waals surface area (Å²) in [6.07, 6.45) is 1.73. The molecule has 1 N–H and O–H groups in total. The predicted molar refractivity (Wildman–Crippen MR) is 80.8 cm³/mol. The number of ether oxygens (including phenoxy) is 1. The number of nitrogens with one attached hydrogen (secondary N) is 1. The lowest BCUT2D eigenvalue weighted by molar-refractivity contribution is 0.266. The highest BCUT2D eigenvalue weighted by Gasteiger charge is 2.08. The lowest BCUT2D eigenvalue weighted by Crippen LogP contribution is -2.19. The van der Waals surface area contributed by atoms with Gasteiger partial charge in [-0.15, -0.1) is 0 Å². The summed E-state index contributed by atoms with van der Waals surface area (Å²) in [6.45, 7) is 8.73. The molecule has 0 aliphatic carbocycles. The average molecular weight is 273 g/mol. The molecule has 3 nitrogen and oxygen atoms in total. The van der Waals surface area contributed by atoms with E-state index in [9.17, 15) is 0 Å². The third-order valence-electron chi connectivity index (χ3n) is 3.16. The fourth-order valence-electron chi connectivity index (χ4n) is 2.01. The summed E-state index contributed by atoms with van der Waals surface area (Å²) in [5.41, 5.74) is 2.30. The van der Waals surface area contributed by atoms with E-state index in [2.05, 4.69) is 19.2 Å². The van der Waals surface area contributed by atoms with E-state index in [1.54, 1.807) is 6.26 Å². The van der Waals surface area contributed by atoms with Crippen molar-refractivity contribution in [2.45, 2.75) is 33.9 Å². The van der Waals surface area contributed by atoms with Crippen LogP contribution < -0.4 is 10.1 Å². The van der Waals surface area contributed by atoms with Crippen LogP contribution in [0.1, 0.15) is 30.7 Å². The second-order valence-electron chi connectivity index (χ2n) is 5.45. The summed E-state index contributed by atoms with van der Waals surface area (Å²) in [4.78, 5) is 0. The van der Waals surface area contributed by atoms with Crippen molar-refractivity contribution in [2.24, 2.45) is 5.92 Å². The zero-order chi connectivity index (χ0) is 14.4. The molecule has 2 aromatic rings. The van der Waals surface area contributed by atoms with Crippen LogP contribution in [0.5, 0.6) is 5.75 Å². The molecule has 3 heteroatoms. The Bertz CT molecular complexity index is 531. The first-order valence-corrected chi connectivity index (χ1v) is 7.11. The van der Waals surface area contributed by atoms with Gasteiger partial charge in [-0.2, -0.15) is 0 Å². The summed E-state index contributed by atoms with van der Waals surface area (Å²) in [7, 11) is 0. The lowest BCUT2D eigenvalue weighted by atomic mass is 10.2. The van der Waals surface area contributed by atoms with Crippen LogP contribution in [0.3, 0.4) is 0 Å². The molecular formula is C17H23NO2. The standard InChI is InChI=1S/C17H23NO2/c1-13(2)10-18-11-15-8-9-19-17(15)12-20-16-7-5-4-6-14(16)3/h4-9,13,18H,10-12H2,1-3H3. The van der Waals surface area contributed by atoms with Crippen LogP contribution in [0.4, 0.5) is 0 Å². The molecule has 0 radical (unpaired) electrons. The van der Waals surface area contributed by atoms with Gasteiger partial charge in [-0.1, -0.05) is 32.0 Å². The van der Waals surface area contributed by atoms with E-state index >= 15 is 0 Å². The van der Waals surface area contributed by atoms with E-state index in [1.165, 1.54) is 5.56 Å². The number of para-hydroxylation sites is 1. The smallest absolute Gasteiger partial charge is 0.146 e. The van der Waals surface area contributed by atoms with Gasteiger partial charge in [0, 0.05) is 12.1 Å². The molecular weight excluding hydrogens is 250 g/mol. The van der Waals surface area contributed by atoms with Gasteiger partial charge in [0.1, 0.15) is 18.1 Å². The number of furan rings is 1. The maximum Gasteiger partial charge on any atom is 0.146 e. The van der Waals surface area contributed by atoms with Gasteiger partial charge in [0.25, 0.3) is 0 Å². The van der Waals surface area contributed by atoms with E-state index in [-0.39, 0.29) is 0 Å². The zero-order valence-corrected chi connectivity index (χ0v) is 12.5. The van der Waals surface area contributed by atoms with Gasteiger partial charge >= 0.3 is 0 Å². The molecule has 0 aliphatic heterocycles. The summed E-state index contributed by atoms with van der Waals surface area (Å²) >= 11 is 0. The normalized spacial score (nSPS) is 11.0. The van der Waals surface area contributed by atoms with Crippen molar-refractivity contribution in [3.63, 3.8) is 0 Å². The number of rotatable bonds is 7. The molecule has 1 aromatic heterocycles. The van der Waals surface area contributed by atoms with Crippen molar-refractivity contribution in [3.8, 4) is 5.75 Å². The Morgan fingerprint density at radius 2 is 2.00 bits per heavy atom. The van der Waals surface area contributed by atoms with E-state index in [0.717, 1.165) is 30.2 Å². The van der Waals surface area contributed by atoms with Crippen molar-refractivity contribution in [1.29, 1.82) is 0 Å². The van der Waals surface area contributed by atoms with Crippen molar-refractivity contribution < 1.29 is 9.15 Å². The van der Waals surface area contributed by atoms with Gasteiger partial charge in [0.05, 0.1) is 6.26 Å². The molecule has 1 aromatic carbocycles. The highest BCUT2D eigenvalue weighted by Crippen LogP contribution is 2.19. The molecule has 2 rings (SSSR count). The Morgan fingerprint density at radius 3 is 2.75 bits per heavy atom. The fraction of sp³-hybridized carbons (Fsp3) is 0.412. The number of hydrogen-bond acceptors (Lipinski definition) is 3. The topological polar surface area (TPSA) is 34.4 Å². The van der Waals surface area contributed by atoms with Crippen LogP contribution in [0.2, 0.25) is 0 Å². The number of hydrogen-bond donors (Lipinski definition) is 1. The van der Waals surface area contributed by atoms with Gasteiger partial charge in [-0.05, 0) is 37.1 Å². The van der Waals surface area contributed by atoms with Gasteiger partial charge in [0.15, 0.2) is 0 Å². The van der Waals surface area contributed by atoms with E-state index in [4.69, 9.17) is 9.15 Å². The van der Waals surface area contributed by atoms with Crippen molar-refractivity contribution in [1.82, 2.24) is 5.32 Å². The fourth-order valence-corrected chi connectivity index (χ4v) is 2.01. The van der Waals surface area contributed by atoms with Crippen LogP contribution in [-0.2, 0) is 13.2 Å². The largest absolute Gasteiger partial charge is 0.485 e. The first kappa shape index (κ1) is 14.7. The lowest BCUT2D eigenvalue weighted by Gasteiger charge is -2.10. The summed E-state index contributed by atoms with van der Waals surface area (Å²) in [5.74, 6) is 2.45. The van der Waals surface area contributed by atoms with Crippen LogP contribution >= 0.6 is 0 Å². The molecule has 0 bridgehead atoms. The first-order valence-electron chi connectivity index (χ1n) is 7.11. The summed E-state index contributed by atoms with van der Waals surface area (Å²) in [6, 6.07) is 10.0. The molecule has 0 fully saturated rings. The molecule has 0 aliphatic rings. The second-order valence-corrected chi connectivity index (χ2v) is 5.45. The number of aryl methyl sites for hydroxylation is 1. The predicted octanol–water partition coefficient (Wildman–Crippen LogP) is 3.91. The quantitative estimate of drug-likeness (QED) is 0.830. The van der Waals surface area contributed by atoms with Crippen LogP contribution in [0.25, 0.3) is 0 Å². The molecule has 0 saturated heterocycles. The second kappa shape index (κ2) is 7.15. The van der Waals surface area contributed by atoms with Crippen molar-refractivity contribution >= 4 is 0 Å². The van der Waals surface area contributed by atoms with Crippen LogP contribution in [-0.4, -0.2) is 6.54 Å². The van der Waals surface area contributed by atoms with Crippen molar-refractivity contribution in [2.75, 3.05) is 6.54 Å². The van der Waals surface area contributed by atoms with Gasteiger partial charge < -0.3 is 14.5 Å². The molecule has 0 amide bonds. The minimum Gasteiger partial charge on any atom is -0.485 e. The Hall–Kier alpha value is -1.74. The summed E-state index contributed by atoms with van der Waals surface area (Å²) in [5, 5.41) is 3.42. The highest BCUT2D eigenvalue weighted by molar-refractivity contribution is 5.32. The maximum atomic E-state index is 5.83. The van der Waals surface area contributed by atoms with Crippen LogP contribution in [0, 0.1) is 12.8 Å². The van der Waals surface area contributed by atoms with E-state index in [0.29, 0.717) is 12.5 Å². The third-order valence-corrected chi connectivity index (χ3v) is 3.16. The molecule has 1 heterocycles. The first-order chi connectivity index (χ1) is 9.66. The average Bonchev–Trinajstić information content (AvgIpc) is 2.85. The molecule has 0 unspecified atom stereocenters. The van der Waals surface area contributed by atoms with Gasteiger partial charge in [0.2, 0.25) is 0 Å². The van der Waals surface area contributed by atoms with E-state index in [1.807, 2.05) is 37.3 Å². The Kier molecular flexibility index (Phi) is 5.24. The van der Waals surface area contributed by atoms with E-state index < -0.39 is 0 Å². The molecule has 20 heavy (non-hydrogen) atoms. The molecule has 108 valence electrons. The van der Waals surface area contributed by atoms with Gasteiger partial charge in [-0.25, -0.2) is 0 Å². The van der Waals surface area contributed by atoms with Crippen molar-refractivity contribution in [3.05, 3.63) is 53.5 Å². The Balaban J connectivity index is 1.90. The Labute approximate surface area is 121 Å². The molecule has 0 saturated carbocycles. The zero-order valence-electron chi connectivity index (χ0n) is 12.5. The third kappa shape index (κ3) is 4.14. The SMILES string of the molecule is Cc1ccccc1OCc1occc1CNCC(C)C. The molecule has 0 atom stereocenters. The monoisotopic (exact) mass is 273 g/mol. The summed E-state index contributed by atoms with van der Waals surface area (Å²) < 4.78 is 11.3. The maximum absolute atomic E-state index is 5.83. The number of benzene rings is 1. The van der Waals surface area contributed by atoms with Crippen LogP contribution in [0.15, 0.2) is 41.0 Å². The molecule has 0 spiro atoms. The van der Waals surface area contributed by atoms with Gasteiger partial charge in [-0.3, -0.25) is 0 Å². The minimum absolute atomic E-state index is 0.469. The Morgan fingerprint density at radius 1 is 1.20 bits per heavy atom. The minimum atomic E-state index is 0.469.